The van der Waals surface area contributed by atoms with Gasteiger partial charge in [-0.15, -0.1) is 0 Å². The van der Waals surface area contributed by atoms with Crippen LogP contribution in [0.3, 0.4) is 0 Å². The van der Waals surface area contributed by atoms with E-state index in [1.807, 2.05) is 0 Å². The van der Waals surface area contributed by atoms with E-state index >= 15 is 0 Å². The molecule has 6 heteroatoms. The number of imide groups is 1. The molecular weight excluding hydrogens is 275 g/mol. The number of carbonyl (C=O) groups excluding carboxylic acids is 3. The minimum atomic E-state index is -0.686. The number of amides is 3. The van der Waals surface area contributed by atoms with E-state index in [0.717, 1.165) is 0 Å². The van der Waals surface area contributed by atoms with Gasteiger partial charge in [-0.3, -0.25) is 19.7 Å². The van der Waals surface area contributed by atoms with E-state index in [9.17, 15) is 18.8 Å². The van der Waals surface area contributed by atoms with Gasteiger partial charge in [0.05, 0.1) is 22.4 Å². The van der Waals surface area contributed by atoms with E-state index in [0.29, 0.717) is 0 Å². The van der Waals surface area contributed by atoms with Crippen molar-refractivity contribution >= 4 is 23.4 Å². The minimum absolute atomic E-state index is 0.0900. The molecule has 2 N–H and O–H groups in total. The largest absolute Gasteiger partial charge is 0.321 e. The molecule has 0 atom stereocenters. The van der Waals surface area contributed by atoms with Crippen molar-refractivity contribution in [3.05, 3.63) is 65.0 Å². The number of halogens is 1. The molecule has 1 aliphatic heterocycles. The van der Waals surface area contributed by atoms with Gasteiger partial charge in [0.25, 0.3) is 17.7 Å². The molecule has 2 aromatic carbocycles. The van der Waals surface area contributed by atoms with Crippen LogP contribution in [0.2, 0.25) is 0 Å². The highest BCUT2D eigenvalue weighted by Crippen LogP contribution is 2.25. The molecule has 0 aliphatic carbocycles. The molecule has 1 heterocycles. The van der Waals surface area contributed by atoms with Crippen LogP contribution in [0.25, 0.3) is 0 Å². The number of benzene rings is 2. The highest BCUT2D eigenvalue weighted by molar-refractivity contribution is 6.25. The van der Waals surface area contributed by atoms with E-state index in [1.54, 1.807) is 0 Å². The van der Waals surface area contributed by atoms with Crippen molar-refractivity contribution in [2.75, 3.05) is 5.32 Å². The number of carbonyl (C=O) groups is 3. The predicted octanol–water partition coefficient (Wildman–Crippen LogP) is 1.96. The molecule has 0 spiro atoms. The molecule has 3 rings (SSSR count). The average molecular weight is 284 g/mol. The Bertz CT molecular complexity index is 786. The Kier molecular flexibility index (Phi) is 2.98. The molecule has 0 unspecified atom stereocenters. The second-order valence-electron chi connectivity index (χ2n) is 4.45. The quantitative estimate of drug-likeness (QED) is 0.828. The van der Waals surface area contributed by atoms with E-state index in [4.69, 9.17) is 0 Å². The molecule has 0 bridgehead atoms. The fourth-order valence-electron chi connectivity index (χ4n) is 2.16. The lowest BCUT2D eigenvalue weighted by Gasteiger charge is -2.08. The van der Waals surface area contributed by atoms with Crippen molar-refractivity contribution < 1.29 is 18.8 Å². The summed E-state index contributed by atoms with van der Waals surface area (Å²) in [4.78, 5) is 35.3. The summed E-state index contributed by atoms with van der Waals surface area (Å²) in [5, 5.41) is 4.60. The summed E-state index contributed by atoms with van der Waals surface area (Å²) in [6, 6.07) is 10.00. The number of hydrogen-bond donors (Lipinski definition) is 2. The minimum Gasteiger partial charge on any atom is -0.321 e. The third-order valence-electron chi connectivity index (χ3n) is 3.13. The van der Waals surface area contributed by atoms with Crippen molar-refractivity contribution in [2.24, 2.45) is 0 Å². The van der Waals surface area contributed by atoms with Crippen LogP contribution in [-0.4, -0.2) is 17.7 Å². The second kappa shape index (κ2) is 4.82. The monoisotopic (exact) mass is 284 g/mol. The van der Waals surface area contributed by atoms with Crippen LogP contribution < -0.4 is 10.6 Å². The van der Waals surface area contributed by atoms with Crippen LogP contribution in [0.15, 0.2) is 42.5 Å². The number of nitrogens with one attached hydrogen (secondary N) is 2. The summed E-state index contributed by atoms with van der Waals surface area (Å²) in [7, 11) is 0. The molecule has 104 valence electrons. The van der Waals surface area contributed by atoms with E-state index < -0.39 is 23.5 Å². The lowest BCUT2D eigenvalue weighted by molar-refractivity contribution is 0.0879. The molecule has 0 saturated heterocycles. The SMILES string of the molecule is O=C(Nc1cccc2c1C(=O)NC2=O)c1ccccc1F. The maximum absolute atomic E-state index is 13.6. The zero-order valence-corrected chi connectivity index (χ0v) is 10.6. The van der Waals surface area contributed by atoms with Gasteiger partial charge in [-0.1, -0.05) is 18.2 Å². The zero-order chi connectivity index (χ0) is 15.0. The van der Waals surface area contributed by atoms with Crippen molar-refractivity contribution in [1.29, 1.82) is 0 Å². The number of hydrogen-bond acceptors (Lipinski definition) is 3. The molecule has 0 aromatic heterocycles. The summed E-state index contributed by atoms with van der Waals surface area (Å²) in [6.45, 7) is 0. The van der Waals surface area contributed by atoms with Crippen molar-refractivity contribution in [3.8, 4) is 0 Å². The summed E-state index contributed by atoms with van der Waals surface area (Å²) in [5.74, 6) is -2.45. The summed E-state index contributed by atoms with van der Waals surface area (Å²) in [5.41, 5.74) is 0.308. The van der Waals surface area contributed by atoms with Crippen LogP contribution in [0.5, 0.6) is 0 Å². The molecule has 3 amide bonds. The van der Waals surface area contributed by atoms with E-state index in [-0.39, 0.29) is 22.4 Å². The van der Waals surface area contributed by atoms with Crippen molar-refractivity contribution in [3.63, 3.8) is 0 Å². The van der Waals surface area contributed by atoms with E-state index in [2.05, 4.69) is 10.6 Å². The second-order valence-corrected chi connectivity index (χ2v) is 4.45. The van der Waals surface area contributed by atoms with Gasteiger partial charge in [0, 0.05) is 0 Å². The molecule has 1 aliphatic rings. The summed E-state index contributed by atoms with van der Waals surface area (Å²) >= 11 is 0. The summed E-state index contributed by atoms with van der Waals surface area (Å²) < 4.78 is 13.6. The fourth-order valence-corrected chi connectivity index (χ4v) is 2.16. The Morgan fingerprint density at radius 2 is 1.76 bits per heavy atom. The van der Waals surface area contributed by atoms with Gasteiger partial charge in [0.15, 0.2) is 0 Å². The first-order valence-corrected chi connectivity index (χ1v) is 6.12. The molecule has 21 heavy (non-hydrogen) atoms. The standard InChI is InChI=1S/C15H9FN2O3/c16-10-6-2-1-4-8(10)13(19)17-11-7-3-5-9-12(11)15(21)18-14(9)20/h1-7H,(H,17,19)(H,18,20,21). The van der Waals surface area contributed by atoms with Crippen LogP contribution >= 0.6 is 0 Å². The molecule has 5 nitrogen and oxygen atoms in total. The normalized spacial score (nSPS) is 12.8. The predicted molar refractivity (Wildman–Crippen MR) is 72.6 cm³/mol. The number of rotatable bonds is 2. The Labute approximate surface area is 118 Å². The molecule has 0 radical (unpaired) electrons. The molecule has 2 aromatic rings. The van der Waals surface area contributed by atoms with Crippen molar-refractivity contribution in [1.82, 2.24) is 5.32 Å². The van der Waals surface area contributed by atoms with Crippen LogP contribution in [-0.2, 0) is 0 Å². The van der Waals surface area contributed by atoms with Gasteiger partial charge >= 0.3 is 0 Å². The number of fused-ring (bicyclic) bond motifs is 1. The zero-order valence-electron chi connectivity index (χ0n) is 10.6. The third kappa shape index (κ3) is 2.16. The Balaban J connectivity index is 1.97. The fraction of sp³-hybridized carbons (Fsp3) is 0. The average Bonchev–Trinajstić information content (AvgIpc) is 2.75. The van der Waals surface area contributed by atoms with Crippen LogP contribution in [0.1, 0.15) is 31.1 Å². The summed E-state index contributed by atoms with van der Waals surface area (Å²) in [6.07, 6.45) is 0. The number of anilines is 1. The topological polar surface area (TPSA) is 75.3 Å². The maximum atomic E-state index is 13.6. The molecule has 0 fully saturated rings. The van der Waals surface area contributed by atoms with E-state index in [1.165, 1.54) is 42.5 Å². The van der Waals surface area contributed by atoms with Crippen LogP contribution in [0, 0.1) is 5.82 Å². The first kappa shape index (κ1) is 13.0. The van der Waals surface area contributed by atoms with Crippen LogP contribution in [0.4, 0.5) is 10.1 Å². The lowest BCUT2D eigenvalue weighted by atomic mass is 10.1. The van der Waals surface area contributed by atoms with Crippen molar-refractivity contribution in [2.45, 2.75) is 0 Å². The Morgan fingerprint density at radius 1 is 1.00 bits per heavy atom. The van der Waals surface area contributed by atoms with Gasteiger partial charge in [-0.25, -0.2) is 4.39 Å². The van der Waals surface area contributed by atoms with Gasteiger partial charge in [0.2, 0.25) is 0 Å². The highest BCUT2D eigenvalue weighted by atomic mass is 19.1. The molecular formula is C15H9FN2O3. The Hall–Kier alpha value is -3.02. The van der Waals surface area contributed by atoms with Gasteiger partial charge in [-0.2, -0.15) is 0 Å². The first-order valence-electron chi connectivity index (χ1n) is 6.12. The Morgan fingerprint density at radius 3 is 2.52 bits per heavy atom. The first-order chi connectivity index (χ1) is 10.1. The van der Waals surface area contributed by atoms with Gasteiger partial charge in [-0.05, 0) is 24.3 Å². The smallest absolute Gasteiger partial charge is 0.261 e. The lowest BCUT2D eigenvalue weighted by Crippen LogP contribution is -2.21. The van der Waals surface area contributed by atoms with Gasteiger partial charge < -0.3 is 5.32 Å². The molecule has 0 saturated carbocycles. The maximum Gasteiger partial charge on any atom is 0.261 e. The highest BCUT2D eigenvalue weighted by Gasteiger charge is 2.30. The van der Waals surface area contributed by atoms with Gasteiger partial charge in [0.1, 0.15) is 5.82 Å². The third-order valence-corrected chi connectivity index (χ3v) is 3.13.